The number of anilines is 1. The second-order valence-electron chi connectivity index (χ2n) is 2.42. The standard InChI is InChI=1S/C9H12N2OS/c1-12-9-8(10)5-4-7(11-9)3-2-6-13/h2-5,13H,6,10H2,1H3. The SMILES string of the molecule is COc1nc(C=CCS)ccc1N. The maximum absolute atomic E-state index is 5.60. The van der Waals surface area contributed by atoms with Crippen LogP contribution in [-0.4, -0.2) is 17.8 Å². The Morgan fingerprint density at radius 1 is 1.62 bits per heavy atom. The molecule has 0 atom stereocenters. The van der Waals surface area contributed by atoms with Gasteiger partial charge >= 0.3 is 0 Å². The molecular formula is C9H12N2OS. The van der Waals surface area contributed by atoms with Crippen LogP contribution >= 0.6 is 12.6 Å². The highest BCUT2D eigenvalue weighted by Gasteiger charge is 1.99. The molecule has 0 aliphatic heterocycles. The molecule has 1 aromatic heterocycles. The molecule has 0 bridgehead atoms. The van der Waals surface area contributed by atoms with E-state index in [1.807, 2.05) is 18.2 Å². The van der Waals surface area contributed by atoms with Crippen LogP contribution in [0.25, 0.3) is 6.08 Å². The summed E-state index contributed by atoms with van der Waals surface area (Å²) in [6.45, 7) is 0. The smallest absolute Gasteiger partial charge is 0.237 e. The summed E-state index contributed by atoms with van der Waals surface area (Å²) in [4.78, 5) is 4.16. The van der Waals surface area contributed by atoms with Crippen LogP contribution in [0.3, 0.4) is 0 Å². The number of aromatic nitrogens is 1. The average Bonchev–Trinajstić information content (AvgIpc) is 2.16. The van der Waals surface area contributed by atoms with Gasteiger partial charge < -0.3 is 10.5 Å². The van der Waals surface area contributed by atoms with Crippen molar-refractivity contribution >= 4 is 24.4 Å². The zero-order chi connectivity index (χ0) is 9.68. The van der Waals surface area contributed by atoms with Crippen molar-refractivity contribution in [3.63, 3.8) is 0 Å². The second-order valence-corrected chi connectivity index (χ2v) is 2.78. The minimum absolute atomic E-state index is 0.460. The van der Waals surface area contributed by atoms with Gasteiger partial charge in [0.1, 0.15) is 0 Å². The molecule has 0 fully saturated rings. The number of ether oxygens (including phenoxy) is 1. The minimum atomic E-state index is 0.460. The second kappa shape index (κ2) is 4.77. The van der Waals surface area contributed by atoms with E-state index in [4.69, 9.17) is 10.5 Å². The molecule has 0 amide bonds. The Morgan fingerprint density at radius 2 is 2.38 bits per heavy atom. The third kappa shape index (κ3) is 2.66. The van der Waals surface area contributed by atoms with E-state index in [-0.39, 0.29) is 0 Å². The highest BCUT2D eigenvalue weighted by molar-refractivity contribution is 7.80. The van der Waals surface area contributed by atoms with E-state index in [0.29, 0.717) is 17.3 Å². The zero-order valence-corrected chi connectivity index (χ0v) is 8.29. The van der Waals surface area contributed by atoms with Crippen LogP contribution < -0.4 is 10.5 Å². The van der Waals surface area contributed by atoms with Crippen LogP contribution in [0, 0.1) is 0 Å². The van der Waals surface area contributed by atoms with Gasteiger partial charge in [-0.2, -0.15) is 12.6 Å². The lowest BCUT2D eigenvalue weighted by Crippen LogP contribution is -1.96. The zero-order valence-electron chi connectivity index (χ0n) is 7.40. The Labute approximate surface area is 83.0 Å². The molecular weight excluding hydrogens is 184 g/mol. The van der Waals surface area contributed by atoms with Gasteiger partial charge in [-0.25, -0.2) is 4.98 Å². The quantitative estimate of drug-likeness (QED) is 0.722. The van der Waals surface area contributed by atoms with Gasteiger partial charge in [0.2, 0.25) is 5.88 Å². The first-order valence-corrected chi connectivity index (χ1v) is 4.49. The summed E-state index contributed by atoms with van der Waals surface area (Å²) >= 11 is 4.05. The van der Waals surface area contributed by atoms with Gasteiger partial charge in [-0.1, -0.05) is 6.08 Å². The summed E-state index contributed by atoms with van der Waals surface area (Å²) in [6.07, 6.45) is 3.77. The van der Waals surface area contributed by atoms with E-state index in [9.17, 15) is 0 Å². The lowest BCUT2D eigenvalue weighted by Gasteiger charge is -2.02. The molecule has 0 aliphatic carbocycles. The fourth-order valence-corrected chi connectivity index (χ4v) is 1.00. The van der Waals surface area contributed by atoms with Crippen LogP contribution in [0.15, 0.2) is 18.2 Å². The lowest BCUT2D eigenvalue weighted by molar-refractivity contribution is 0.400. The van der Waals surface area contributed by atoms with Gasteiger partial charge in [0.25, 0.3) is 0 Å². The first-order chi connectivity index (χ1) is 6.27. The van der Waals surface area contributed by atoms with Crippen LogP contribution in [-0.2, 0) is 0 Å². The number of nitrogens with two attached hydrogens (primary N) is 1. The van der Waals surface area contributed by atoms with E-state index < -0.39 is 0 Å². The van der Waals surface area contributed by atoms with Crippen LogP contribution in [0.1, 0.15) is 5.69 Å². The molecule has 0 spiro atoms. The maximum atomic E-state index is 5.60. The molecule has 0 radical (unpaired) electrons. The van der Waals surface area contributed by atoms with Crippen molar-refractivity contribution in [3.05, 3.63) is 23.9 Å². The number of nitrogen functional groups attached to an aromatic ring is 1. The molecule has 13 heavy (non-hydrogen) atoms. The van der Waals surface area contributed by atoms with E-state index >= 15 is 0 Å². The number of hydrogen-bond acceptors (Lipinski definition) is 4. The number of thiol groups is 1. The number of methoxy groups -OCH3 is 1. The number of nitrogens with zero attached hydrogens (tertiary/aromatic N) is 1. The minimum Gasteiger partial charge on any atom is -0.480 e. The summed E-state index contributed by atoms with van der Waals surface area (Å²) in [5.41, 5.74) is 6.97. The molecule has 0 aromatic carbocycles. The predicted octanol–water partition coefficient (Wildman–Crippen LogP) is 1.62. The van der Waals surface area contributed by atoms with E-state index in [2.05, 4.69) is 17.6 Å². The van der Waals surface area contributed by atoms with E-state index in [1.165, 1.54) is 0 Å². The van der Waals surface area contributed by atoms with Gasteiger partial charge in [0.05, 0.1) is 18.5 Å². The van der Waals surface area contributed by atoms with Gasteiger partial charge in [-0.3, -0.25) is 0 Å². The van der Waals surface area contributed by atoms with Crippen LogP contribution in [0.5, 0.6) is 5.88 Å². The molecule has 0 saturated heterocycles. The average molecular weight is 196 g/mol. The normalized spacial score (nSPS) is 10.6. The van der Waals surface area contributed by atoms with Crippen molar-refractivity contribution in [3.8, 4) is 5.88 Å². The van der Waals surface area contributed by atoms with E-state index in [0.717, 1.165) is 5.69 Å². The van der Waals surface area contributed by atoms with Crippen molar-refractivity contribution < 1.29 is 4.74 Å². The summed E-state index contributed by atoms with van der Waals surface area (Å²) in [7, 11) is 1.55. The van der Waals surface area contributed by atoms with E-state index in [1.54, 1.807) is 13.2 Å². The molecule has 70 valence electrons. The molecule has 4 heteroatoms. The van der Waals surface area contributed by atoms with Crippen molar-refractivity contribution in [1.29, 1.82) is 0 Å². The highest BCUT2D eigenvalue weighted by atomic mass is 32.1. The molecule has 1 rings (SSSR count). The molecule has 0 aliphatic rings. The topological polar surface area (TPSA) is 48.1 Å². The van der Waals surface area contributed by atoms with Crippen LogP contribution in [0.2, 0.25) is 0 Å². The van der Waals surface area contributed by atoms with Gasteiger partial charge in [0, 0.05) is 5.75 Å². The monoisotopic (exact) mass is 196 g/mol. The van der Waals surface area contributed by atoms with Crippen molar-refractivity contribution in [2.45, 2.75) is 0 Å². The van der Waals surface area contributed by atoms with Gasteiger partial charge in [-0.15, -0.1) is 0 Å². The molecule has 0 saturated carbocycles. The molecule has 1 aromatic rings. The molecule has 2 N–H and O–H groups in total. The fourth-order valence-electron chi connectivity index (χ4n) is 0.895. The first-order valence-electron chi connectivity index (χ1n) is 3.86. The van der Waals surface area contributed by atoms with Gasteiger partial charge in [0.15, 0.2) is 0 Å². The fraction of sp³-hybridized carbons (Fsp3) is 0.222. The maximum Gasteiger partial charge on any atom is 0.237 e. The number of pyridine rings is 1. The third-order valence-corrected chi connectivity index (χ3v) is 1.71. The Kier molecular flexibility index (Phi) is 3.64. The summed E-state index contributed by atoms with van der Waals surface area (Å²) in [5.74, 6) is 1.15. The Balaban J connectivity index is 2.92. The molecule has 0 unspecified atom stereocenters. The number of hydrogen-bond donors (Lipinski definition) is 2. The lowest BCUT2D eigenvalue weighted by atomic mass is 10.3. The largest absolute Gasteiger partial charge is 0.480 e. The summed E-state index contributed by atoms with van der Waals surface area (Å²) in [6, 6.07) is 3.60. The highest BCUT2D eigenvalue weighted by Crippen LogP contribution is 2.18. The first kappa shape index (κ1) is 9.92. The van der Waals surface area contributed by atoms with Crippen LogP contribution in [0.4, 0.5) is 5.69 Å². The van der Waals surface area contributed by atoms with Crippen molar-refractivity contribution in [2.75, 3.05) is 18.6 Å². The van der Waals surface area contributed by atoms with Crippen molar-refractivity contribution in [2.24, 2.45) is 0 Å². The molecule has 3 nitrogen and oxygen atoms in total. The number of rotatable bonds is 3. The Hall–Kier alpha value is -1.16. The summed E-state index contributed by atoms with van der Waals surface area (Å²) < 4.78 is 4.98. The predicted molar refractivity (Wildman–Crippen MR) is 58.1 cm³/mol. The van der Waals surface area contributed by atoms with Gasteiger partial charge in [-0.05, 0) is 18.2 Å². The third-order valence-electron chi connectivity index (χ3n) is 1.50. The Bertz CT molecular complexity index is 312. The van der Waals surface area contributed by atoms with Crippen molar-refractivity contribution in [1.82, 2.24) is 4.98 Å². The summed E-state index contributed by atoms with van der Waals surface area (Å²) in [5, 5.41) is 0. The Morgan fingerprint density at radius 3 is 3.00 bits per heavy atom. The molecule has 1 heterocycles.